The van der Waals surface area contributed by atoms with Crippen LogP contribution in [0.25, 0.3) is 11.4 Å². The van der Waals surface area contributed by atoms with E-state index in [1.54, 1.807) is 17.3 Å². The Bertz CT molecular complexity index is 895. The van der Waals surface area contributed by atoms with Crippen molar-refractivity contribution >= 4 is 23.2 Å². The molecule has 3 aromatic rings. The maximum absolute atomic E-state index is 13.1. The number of carbonyl (C=O) groups excluding carboxylic acids is 1. The molecule has 24 heavy (non-hydrogen) atoms. The van der Waals surface area contributed by atoms with Crippen molar-refractivity contribution in [3.05, 3.63) is 47.3 Å². The molecule has 122 valence electrons. The van der Waals surface area contributed by atoms with Crippen LogP contribution in [0.4, 0.5) is 10.1 Å². The van der Waals surface area contributed by atoms with Gasteiger partial charge < -0.3 is 9.42 Å². The summed E-state index contributed by atoms with van der Waals surface area (Å²) in [7, 11) is 0. The molecular formula is C15H11ClFN5O2. The molecule has 0 aliphatic carbocycles. The smallest absolute Gasteiger partial charge is 0.232 e. The lowest BCUT2D eigenvalue weighted by Gasteiger charge is -2.12. The van der Waals surface area contributed by atoms with E-state index in [4.69, 9.17) is 16.1 Å². The first kappa shape index (κ1) is 14.8. The first-order valence-corrected chi connectivity index (χ1v) is 7.58. The van der Waals surface area contributed by atoms with Gasteiger partial charge in [0.2, 0.25) is 17.6 Å². The summed E-state index contributed by atoms with van der Waals surface area (Å²) in [5.74, 6) is -0.0765. The number of aromatic amines is 1. The molecule has 1 aromatic carbocycles. The Morgan fingerprint density at radius 2 is 2.29 bits per heavy atom. The highest BCUT2D eigenvalue weighted by Gasteiger charge is 2.35. The van der Waals surface area contributed by atoms with Gasteiger partial charge in [0, 0.05) is 24.7 Å². The fourth-order valence-corrected chi connectivity index (χ4v) is 2.95. The minimum Gasteiger partial charge on any atom is -0.339 e. The minimum atomic E-state index is -0.440. The second-order valence-electron chi connectivity index (χ2n) is 5.44. The zero-order chi connectivity index (χ0) is 16.7. The van der Waals surface area contributed by atoms with Gasteiger partial charge in [-0.3, -0.25) is 9.89 Å². The van der Waals surface area contributed by atoms with E-state index in [1.165, 1.54) is 18.2 Å². The average Bonchev–Trinajstić information content (AvgIpc) is 3.26. The maximum Gasteiger partial charge on any atom is 0.232 e. The van der Waals surface area contributed by atoms with E-state index in [0.717, 1.165) is 0 Å². The number of hydrogen-bond donors (Lipinski definition) is 1. The van der Waals surface area contributed by atoms with Gasteiger partial charge in [0.05, 0.1) is 22.8 Å². The summed E-state index contributed by atoms with van der Waals surface area (Å²) in [6, 6.07) is 3.95. The minimum absolute atomic E-state index is 0.0408. The van der Waals surface area contributed by atoms with Crippen molar-refractivity contribution < 1.29 is 13.7 Å². The van der Waals surface area contributed by atoms with Crippen LogP contribution in [-0.4, -0.2) is 32.8 Å². The molecule has 4 rings (SSSR count). The topological polar surface area (TPSA) is 87.9 Å². The third-order valence-electron chi connectivity index (χ3n) is 3.88. The molecule has 0 unspecified atom stereocenters. The summed E-state index contributed by atoms with van der Waals surface area (Å²) in [6.07, 6.45) is 3.50. The molecule has 1 aliphatic heterocycles. The van der Waals surface area contributed by atoms with Gasteiger partial charge in [-0.15, -0.1) is 0 Å². The molecule has 2 aromatic heterocycles. The third kappa shape index (κ3) is 2.54. The van der Waals surface area contributed by atoms with Gasteiger partial charge in [-0.2, -0.15) is 10.1 Å². The first-order chi connectivity index (χ1) is 11.6. The molecule has 1 N–H and O–H groups in total. The number of anilines is 1. The molecule has 3 heterocycles. The van der Waals surface area contributed by atoms with Crippen LogP contribution in [0.1, 0.15) is 18.2 Å². The van der Waals surface area contributed by atoms with Crippen LogP contribution in [0.15, 0.2) is 35.1 Å². The van der Waals surface area contributed by atoms with Crippen LogP contribution in [0.3, 0.4) is 0 Å². The lowest BCUT2D eigenvalue weighted by Crippen LogP contribution is -2.23. The van der Waals surface area contributed by atoms with E-state index < -0.39 is 5.82 Å². The summed E-state index contributed by atoms with van der Waals surface area (Å²) in [5, 5.41) is 10.6. The molecule has 0 bridgehead atoms. The van der Waals surface area contributed by atoms with Crippen molar-refractivity contribution in [3.8, 4) is 11.4 Å². The molecule has 1 aliphatic rings. The number of halogens is 2. The largest absolute Gasteiger partial charge is 0.339 e. The number of aromatic nitrogens is 4. The summed E-state index contributed by atoms with van der Waals surface area (Å²) < 4.78 is 18.4. The Kier molecular flexibility index (Phi) is 3.53. The van der Waals surface area contributed by atoms with Crippen LogP contribution in [0.5, 0.6) is 0 Å². The van der Waals surface area contributed by atoms with E-state index in [1.807, 2.05) is 0 Å². The Balaban J connectivity index is 1.58. The number of nitrogens with zero attached hydrogens (tertiary/aromatic N) is 4. The number of H-pyrrole nitrogens is 1. The van der Waals surface area contributed by atoms with Crippen molar-refractivity contribution in [1.82, 2.24) is 20.3 Å². The van der Waals surface area contributed by atoms with Crippen LogP contribution < -0.4 is 4.90 Å². The second kappa shape index (κ2) is 5.72. The number of rotatable bonds is 3. The highest BCUT2D eigenvalue weighted by Crippen LogP contribution is 2.32. The summed E-state index contributed by atoms with van der Waals surface area (Å²) in [6.45, 7) is 0.428. The number of nitrogens with one attached hydrogen (secondary N) is 1. The monoisotopic (exact) mass is 347 g/mol. The maximum atomic E-state index is 13.1. The summed E-state index contributed by atoms with van der Waals surface area (Å²) >= 11 is 6.01. The quantitative estimate of drug-likeness (QED) is 0.787. The van der Waals surface area contributed by atoms with Gasteiger partial charge in [-0.05, 0) is 18.2 Å². The van der Waals surface area contributed by atoms with E-state index in [2.05, 4.69) is 20.3 Å². The number of carbonyl (C=O) groups is 1. The zero-order valence-corrected chi connectivity index (χ0v) is 13.0. The van der Waals surface area contributed by atoms with Crippen LogP contribution in [-0.2, 0) is 4.79 Å². The Morgan fingerprint density at radius 1 is 1.42 bits per heavy atom. The summed E-state index contributed by atoms with van der Waals surface area (Å²) in [5.41, 5.74) is 1.17. The zero-order valence-electron chi connectivity index (χ0n) is 12.2. The standard InChI is InChI=1S/C15H11ClFN5O2/c16-12-4-9(17)1-2-11(12)14-20-15(24-21-14)8-3-13(23)22(7-8)10-5-18-19-6-10/h1-2,4-6,8H,3,7H2,(H,18,19)/t8-/m0/s1. The van der Waals surface area contributed by atoms with Crippen LogP contribution in [0.2, 0.25) is 5.02 Å². The SMILES string of the molecule is O=C1C[C@H](c2nc(-c3ccc(F)cc3Cl)no2)CN1c1cn[nH]c1. The van der Waals surface area contributed by atoms with Gasteiger partial charge in [0.25, 0.3) is 0 Å². The number of amides is 1. The molecule has 7 nitrogen and oxygen atoms in total. The molecule has 1 fully saturated rings. The summed E-state index contributed by atoms with van der Waals surface area (Å²) in [4.78, 5) is 18.1. The van der Waals surface area contributed by atoms with Crippen molar-refractivity contribution in [2.24, 2.45) is 0 Å². The number of hydrogen-bond acceptors (Lipinski definition) is 5. The molecule has 1 saturated heterocycles. The second-order valence-corrected chi connectivity index (χ2v) is 5.85. The highest BCUT2D eigenvalue weighted by atomic mass is 35.5. The lowest BCUT2D eigenvalue weighted by atomic mass is 10.1. The van der Waals surface area contributed by atoms with Gasteiger partial charge >= 0.3 is 0 Å². The normalized spacial score (nSPS) is 17.7. The molecule has 1 amide bonds. The molecule has 0 spiro atoms. The number of benzene rings is 1. The van der Waals surface area contributed by atoms with Crippen LogP contribution in [0, 0.1) is 5.82 Å². The fourth-order valence-electron chi connectivity index (χ4n) is 2.70. The molecule has 0 saturated carbocycles. The van der Waals surface area contributed by atoms with E-state index >= 15 is 0 Å². The predicted octanol–water partition coefficient (Wildman–Crippen LogP) is 2.77. The average molecular weight is 348 g/mol. The molecule has 0 radical (unpaired) electrons. The van der Waals surface area contributed by atoms with Crippen LogP contribution >= 0.6 is 11.6 Å². The molecule has 9 heteroatoms. The van der Waals surface area contributed by atoms with E-state index in [-0.39, 0.29) is 29.1 Å². The Morgan fingerprint density at radius 3 is 3.04 bits per heavy atom. The van der Waals surface area contributed by atoms with Gasteiger partial charge in [0.15, 0.2) is 0 Å². The third-order valence-corrected chi connectivity index (χ3v) is 4.20. The van der Waals surface area contributed by atoms with Crippen molar-refractivity contribution in [3.63, 3.8) is 0 Å². The lowest BCUT2D eigenvalue weighted by molar-refractivity contribution is -0.117. The fraction of sp³-hybridized carbons (Fsp3) is 0.200. The van der Waals surface area contributed by atoms with Gasteiger partial charge in [0.1, 0.15) is 5.82 Å². The highest BCUT2D eigenvalue weighted by molar-refractivity contribution is 6.33. The first-order valence-electron chi connectivity index (χ1n) is 7.20. The van der Waals surface area contributed by atoms with E-state index in [9.17, 15) is 9.18 Å². The van der Waals surface area contributed by atoms with Gasteiger partial charge in [-0.1, -0.05) is 16.8 Å². The Hall–Kier alpha value is -2.74. The predicted molar refractivity (Wildman–Crippen MR) is 83.0 cm³/mol. The van der Waals surface area contributed by atoms with Crippen molar-refractivity contribution in [2.75, 3.05) is 11.4 Å². The molecule has 1 atom stereocenters. The van der Waals surface area contributed by atoms with Crippen molar-refractivity contribution in [1.29, 1.82) is 0 Å². The molecular weight excluding hydrogens is 337 g/mol. The van der Waals surface area contributed by atoms with Crippen molar-refractivity contribution in [2.45, 2.75) is 12.3 Å². The Labute approximate surface area is 140 Å². The van der Waals surface area contributed by atoms with Gasteiger partial charge in [-0.25, -0.2) is 4.39 Å². The van der Waals surface area contributed by atoms with E-state index in [0.29, 0.717) is 23.7 Å².